The third kappa shape index (κ3) is 3.84. The Kier molecular flexibility index (Phi) is 5.78. The SMILES string of the molecule is COc1cccc(CN2CCCC[C@H]2c2ncc3c(n2)CCN(C)C3)c1OC. The average molecular weight is 383 g/mol. The molecule has 2 aromatic rings. The number of ether oxygens (including phenoxy) is 2. The molecule has 6 heteroatoms. The van der Waals surface area contributed by atoms with Gasteiger partial charge in [-0.2, -0.15) is 0 Å². The molecular formula is C22H30N4O2. The second-order valence-electron chi connectivity index (χ2n) is 7.82. The van der Waals surface area contributed by atoms with Crippen LogP contribution >= 0.6 is 0 Å². The standard InChI is InChI=1S/C22H30N4O2/c1-25-12-10-18-17(14-25)13-23-22(24-18)19-8-4-5-11-26(19)15-16-7-6-9-20(27-2)21(16)28-3/h6-7,9,13,19H,4-5,8,10-12,14-15H2,1-3H3/t19-/m0/s1. The van der Waals surface area contributed by atoms with E-state index in [-0.39, 0.29) is 6.04 Å². The molecule has 1 aromatic carbocycles. The minimum Gasteiger partial charge on any atom is -0.493 e. The van der Waals surface area contributed by atoms with Crippen LogP contribution in [0.3, 0.4) is 0 Å². The van der Waals surface area contributed by atoms with Crippen LogP contribution in [-0.2, 0) is 19.5 Å². The van der Waals surface area contributed by atoms with Crippen LogP contribution in [0.4, 0.5) is 0 Å². The summed E-state index contributed by atoms with van der Waals surface area (Å²) in [4.78, 5) is 14.6. The van der Waals surface area contributed by atoms with Gasteiger partial charge in [0.05, 0.1) is 20.3 Å². The quantitative estimate of drug-likeness (QED) is 0.792. The fraction of sp³-hybridized carbons (Fsp3) is 0.545. The third-order valence-corrected chi connectivity index (χ3v) is 5.91. The highest BCUT2D eigenvalue weighted by molar-refractivity contribution is 5.46. The Morgan fingerprint density at radius 3 is 2.86 bits per heavy atom. The van der Waals surface area contributed by atoms with Gasteiger partial charge in [0.1, 0.15) is 5.82 Å². The van der Waals surface area contributed by atoms with Gasteiger partial charge < -0.3 is 14.4 Å². The number of hydrogen-bond donors (Lipinski definition) is 0. The minimum absolute atomic E-state index is 0.259. The molecule has 0 amide bonds. The Balaban J connectivity index is 1.59. The summed E-state index contributed by atoms with van der Waals surface area (Å²) < 4.78 is 11.1. The molecule has 1 fully saturated rings. The van der Waals surface area contributed by atoms with Gasteiger partial charge in [0, 0.05) is 49.1 Å². The predicted molar refractivity (Wildman–Crippen MR) is 109 cm³/mol. The summed E-state index contributed by atoms with van der Waals surface area (Å²) in [6.45, 7) is 3.88. The van der Waals surface area contributed by atoms with Gasteiger partial charge in [0.15, 0.2) is 11.5 Å². The zero-order valence-corrected chi connectivity index (χ0v) is 17.1. The first-order valence-corrected chi connectivity index (χ1v) is 10.2. The van der Waals surface area contributed by atoms with Crippen molar-refractivity contribution < 1.29 is 9.47 Å². The lowest BCUT2D eigenvalue weighted by Crippen LogP contribution is -2.35. The molecule has 3 heterocycles. The fourth-order valence-corrected chi connectivity index (χ4v) is 4.40. The van der Waals surface area contributed by atoms with Crippen LogP contribution < -0.4 is 9.47 Å². The molecule has 150 valence electrons. The van der Waals surface area contributed by atoms with E-state index in [4.69, 9.17) is 19.4 Å². The minimum atomic E-state index is 0.259. The van der Waals surface area contributed by atoms with Gasteiger partial charge in [0.25, 0.3) is 0 Å². The number of fused-ring (bicyclic) bond motifs is 1. The van der Waals surface area contributed by atoms with E-state index in [1.165, 1.54) is 24.1 Å². The van der Waals surface area contributed by atoms with Crippen molar-refractivity contribution in [3.05, 3.63) is 47.0 Å². The molecule has 0 N–H and O–H groups in total. The van der Waals surface area contributed by atoms with Crippen LogP contribution in [0.2, 0.25) is 0 Å². The molecule has 0 aliphatic carbocycles. The lowest BCUT2D eigenvalue weighted by atomic mass is 9.99. The lowest BCUT2D eigenvalue weighted by molar-refractivity contribution is 0.131. The third-order valence-electron chi connectivity index (χ3n) is 5.91. The first kappa shape index (κ1) is 19.2. The van der Waals surface area contributed by atoms with Gasteiger partial charge in [-0.1, -0.05) is 18.6 Å². The first-order valence-electron chi connectivity index (χ1n) is 10.2. The van der Waals surface area contributed by atoms with Gasteiger partial charge in [0.2, 0.25) is 0 Å². The summed E-state index contributed by atoms with van der Waals surface area (Å²) in [6.07, 6.45) is 6.59. The Morgan fingerprint density at radius 1 is 1.14 bits per heavy atom. The average Bonchev–Trinajstić information content (AvgIpc) is 2.73. The zero-order chi connectivity index (χ0) is 19.5. The van der Waals surface area contributed by atoms with E-state index in [0.29, 0.717) is 0 Å². The Morgan fingerprint density at radius 2 is 2.04 bits per heavy atom. The maximum atomic E-state index is 5.65. The summed E-state index contributed by atoms with van der Waals surface area (Å²) in [5.41, 5.74) is 3.65. The summed E-state index contributed by atoms with van der Waals surface area (Å²) in [5, 5.41) is 0. The largest absolute Gasteiger partial charge is 0.493 e. The number of methoxy groups -OCH3 is 2. The molecule has 2 aliphatic rings. The van der Waals surface area contributed by atoms with Crippen molar-refractivity contribution in [2.45, 2.75) is 44.8 Å². The molecule has 0 saturated carbocycles. The van der Waals surface area contributed by atoms with E-state index in [1.807, 2.05) is 18.3 Å². The van der Waals surface area contributed by atoms with Crippen LogP contribution in [0.1, 0.15) is 47.9 Å². The van der Waals surface area contributed by atoms with Gasteiger partial charge in [-0.15, -0.1) is 0 Å². The van der Waals surface area contributed by atoms with E-state index in [9.17, 15) is 0 Å². The number of para-hydroxylation sites is 1. The van der Waals surface area contributed by atoms with Crippen molar-refractivity contribution in [3.63, 3.8) is 0 Å². The van der Waals surface area contributed by atoms with Crippen LogP contribution in [0.5, 0.6) is 11.5 Å². The zero-order valence-electron chi connectivity index (χ0n) is 17.1. The molecule has 1 atom stereocenters. The first-order chi connectivity index (χ1) is 13.7. The van der Waals surface area contributed by atoms with E-state index in [0.717, 1.165) is 61.9 Å². The van der Waals surface area contributed by atoms with Crippen molar-refractivity contribution in [1.29, 1.82) is 0 Å². The molecule has 6 nitrogen and oxygen atoms in total. The smallest absolute Gasteiger partial charge is 0.165 e. The van der Waals surface area contributed by atoms with Crippen molar-refractivity contribution in [1.82, 2.24) is 19.8 Å². The maximum Gasteiger partial charge on any atom is 0.165 e. The van der Waals surface area contributed by atoms with E-state index >= 15 is 0 Å². The Hall–Kier alpha value is -2.18. The van der Waals surface area contributed by atoms with Gasteiger partial charge >= 0.3 is 0 Å². The number of rotatable bonds is 5. The van der Waals surface area contributed by atoms with Crippen LogP contribution in [0.15, 0.2) is 24.4 Å². The number of nitrogens with zero attached hydrogens (tertiary/aromatic N) is 4. The molecule has 0 spiro atoms. The highest BCUT2D eigenvalue weighted by Gasteiger charge is 2.28. The van der Waals surface area contributed by atoms with E-state index < -0.39 is 0 Å². The number of piperidine rings is 1. The van der Waals surface area contributed by atoms with Crippen molar-refractivity contribution >= 4 is 0 Å². The van der Waals surface area contributed by atoms with Crippen molar-refractivity contribution in [2.75, 3.05) is 34.4 Å². The lowest BCUT2D eigenvalue weighted by Gasteiger charge is -2.35. The molecular weight excluding hydrogens is 352 g/mol. The molecule has 28 heavy (non-hydrogen) atoms. The van der Waals surface area contributed by atoms with Gasteiger partial charge in [-0.3, -0.25) is 4.90 Å². The highest BCUT2D eigenvalue weighted by Crippen LogP contribution is 2.36. The molecule has 1 aromatic heterocycles. The molecule has 0 bridgehead atoms. The Bertz CT molecular complexity index is 826. The second-order valence-corrected chi connectivity index (χ2v) is 7.82. The van der Waals surface area contributed by atoms with Crippen molar-refractivity contribution in [3.8, 4) is 11.5 Å². The molecule has 0 radical (unpaired) electrons. The van der Waals surface area contributed by atoms with Gasteiger partial charge in [-0.25, -0.2) is 9.97 Å². The molecule has 1 saturated heterocycles. The van der Waals surface area contributed by atoms with Crippen molar-refractivity contribution in [2.24, 2.45) is 0 Å². The van der Waals surface area contributed by atoms with Crippen LogP contribution in [0, 0.1) is 0 Å². The summed E-state index contributed by atoms with van der Waals surface area (Å²) in [6, 6.07) is 6.35. The van der Waals surface area contributed by atoms with E-state index in [2.05, 4.69) is 22.9 Å². The van der Waals surface area contributed by atoms with E-state index in [1.54, 1.807) is 14.2 Å². The van der Waals surface area contributed by atoms with Crippen LogP contribution in [0.25, 0.3) is 0 Å². The Labute approximate surface area is 167 Å². The topological polar surface area (TPSA) is 50.7 Å². The summed E-state index contributed by atoms with van der Waals surface area (Å²) >= 11 is 0. The number of aromatic nitrogens is 2. The number of likely N-dealkylation sites (tertiary alicyclic amines) is 1. The van der Waals surface area contributed by atoms with Gasteiger partial charge in [-0.05, 0) is 32.5 Å². The summed E-state index contributed by atoms with van der Waals surface area (Å²) in [7, 11) is 5.55. The monoisotopic (exact) mass is 382 g/mol. The number of benzene rings is 1. The predicted octanol–water partition coefficient (Wildman–Crippen LogP) is 3.21. The van der Waals surface area contributed by atoms with Crippen LogP contribution in [-0.4, -0.2) is 54.1 Å². The molecule has 0 unspecified atom stereocenters. The maximum absolute atomic E-state index is 5.65. The second kappa shape index (κ2) is 8.45. The molecule has 4 rings (SSSR count). The number of hydrogen-bond acceptors (Lipinski definition) is 6. The normalized spacial score (nSPS) is 20.6. The number of likely N-dealkylation sites (N-methyl/N-ethyl adjacent to an activating group) is 1. The summed E-state index contributed by atoms with van der Waals surface area (Å²) in [5.74, 6) is 2.58. The molecule has 2 aliphatic heterocycles. The fourth-order valence-electron chi connectivity index (χ4n) is 4.40. The highest BCUT2D eigenvalue weighted by atomic mass is 16.5.